The highest BCUT2D eigenvalue weighted by molar-refractivity contribution is 5.94. The van der Waals surface area contributed by atoms with E-state index in [0.717, 1.165) is 43.8 Å². The van der Waals surface area contributed by atoms with E-state index in [4.69, 9.17) is 4.74 Å². The van der Waals surface area contributed by atoms with Crippen LogP contribution in [-0.2, 0) is 4.74 Å². The molecule has 2 fully saturated rings. The van der Waals surface area contributed by atoms with Crippen molar-refractivity contribution in [3.63, 3.8) is 0 Å². The van der Waals surface area contributed by atoms with Gasteiger partial charge in [-0.15, -0.1) is 0 Å². The summed E-state index contributed by atoms with van der Waals surface area (Å²) in [5, 5.41) is 0. The number of hydrogen-bond acceptors (Lipinski definition) is 3. The van der Waals surface area contributed by atoms with Crippen LogP contribution in [0.15, 0.2) is 18.3 Å². The van der Waals surface area contributed by atoms with Gasteiger partial charge in [0.15, 0.2) is 0 Å². The molecule has 1 aromatic heterocycles. The van der Waals surface area contributed by atoms with Crippen molar-refractivity contribution in [1.82, 2.24) is 9.88 Å². The summed E-state index contributed by atoms with van der Waals surface area (Å²) in [6.07, 6.45) is 3.79. The van der Waals surface area contributed by atoms with Crippen LogP contribution in [-0.4, -0.2) is 41.1 Å². The molecule has 1 aromatic rings. The van der Waals surface area contributed by atoms with E-state index in [1.54, 1.807) is 12.3 Å². The van der Waals surface area contributed by atoms with Gasteiger partial charge in [-0.1, -0.05) is 13.8 Å². The molecule has 102 valence electrons. The van der Waals surface area contributed by atoms with Crippen LogP contribution >= 0.6 is 0 Å². The molecule has 0 aromatic carbocycles. The van der Waals surface area contributed by atoms with Crippen LogP contribution in [0.4, 0.5) is 0 Å². The molecule has 1 amide bonds. The number of hydrogen-bond donors (Lipinski definition) is 0. The maximum absolute atomic E-state index is 12.5. The van der Waals surface area contributed by atoms with Gasteiger partial charge in [-0.25, -0.2) is 0 Å². The van der Waals surface area contributed by atoms with Crippen LogP contribution < -0.4 is 0 Å². The highest BCUT2D eigenvalue weighted by Gasteiger charge is 2.45. The van der Waals surface area contributed by atoms with Gasteiger partial charge in [0.2, 0.25) is 0 Å². The highest BCUT2D eigenvalue weighted by atomic mass is 16.5. The molecule has 4 heteroatoms. The zero-order chi connectivity index (χ0) is 13.5. The van der Waals surface area contributed by atoms with E-state index in [2.05, 4.69) is 18.8 Å². The second-order valence-corrected chi connectivity index (χ2v) is 5.88. The molecule has 0 N–H and O–H groups in total. The number of ether oxygens (including phenoxy) is 1. The average Bonchev–Trinajstić information content (AvgIpc) is 2.83. The van der Waals surface area contributed by atoms with E-state index in [9.17, 15) is 4.79 Å². The quantitative estimate of drug-likeness (QED) is 0.818. The van der Waals surface area contributed by atoms with E-state index in [1.807, 2.05) is 11.0 Å². The first-order valence-electron chi connectivity index (χ1n) is 6.99. The van der Waals surface area contributed by atoms with Crippen molar-refractivity contribution in [3.8, 4) is 0 Å². The van der Waals surface area contributed by atoms with Crippen molar-refractivity contribution in [3.05, 3.63) is 29.6 Å². The molecule has 3 rings (SSSR count). The topological polar surface area (TPSA) is 42.4 Å². The molecular weight excluding hydrogens is 240 g/mol. The monoisotopic (exact) mass is 260 g/mol. The Morgan fingerprint density at radius 3 is 2.84 bits per heavy atom. The van der Waals surface area contributed by atoms with E-state index in [0.29, 0.717) is 5.92 Å². The summed E-state index contributed by atoms with van der Waals surface area (Å²) >= 11 is 0. The van der Waals surface area contributed by atoms with Gasteiger partial charge in [0.25, 0.3) is 5.91 Å². The highest BCUT2D eigenvalue weighted by Crippen LogP contribution is 2.36. The summed E-state index contributed by atoms with van der Waals surface area (Å²) in [6.45, 7) is 6.56. The van der Waals surface area contributed by atoms with Crippen LogP contribution in [0.5, 0.6) is 0 Å². The van der Waals surface area contributed by atoms with Gasteiger partial charge < -0.3 is 9.64 Å². The van der Waals surface area contributed by atoms with Crippen molar-refractivity contribution >= 4 is 5.91 Å². The standard InChI is InChI=1S/C15H20N2O2/c1-11(2)13-9-12(3-6-16-13)14(18)17-7-4-15(10-17)5-8-19-15/h3,6,9,11H,4-5,7-8,10H2,1-2H3. The Morgan fingerprint density at radius 1 is 1.47 bits per heavy atom. The molecule has 4 nitrogen and oxygen atoms in total. The molecule has 1 atom stereocenters. The first-order chi connectivity index (χ1) is 9.10. The third-order valence-corrected chi connectivity index (χ3v) is 4.19. The number of pyridine rings is 1. The number of nitrogens with zero attached hydrogens (tertiary/aromatic N) is 2. The van der Waals surface area contributed by atoms with Crippen LogP contribution in [0, 0.1) is 0 Å². The molecule has 19 heavy (non-hydrogen) atoms. The largest absolute Gasteiger partial charge is 0.373 e. The number of likely N-dealkylation sites (tertiary alicyclic amines) is 1. The van der Waals surface area contributed by atoms with Gasteiger partial charge in [-0.2, -0.15) is 0 Å². The third kappa shape index (κ3) is 2.25. The predicted molar refractivity (Wildman–Crippen MR) is 72.1 cm³/mol. The maximum Gasteiger partial charge on any atom is 0.254 e. The number of carbonyl (C=O) groups is 1. The molecule has 0 aliphatic carbocycles. The van der Waals surface area contributed by atoms with Gasteiger partial charge in [0.1, 0.15) is 0 Å². The van der Waals surface area contributed by atoms with Crippen LogP contribution in [0.3, 0.4) is 0 Å². The minimum absolute atomic E-state index is 0.0242. The molecule has 1 spiro atoms. The number of amides is 1. The second kappa shape index (κ2) is 4.60. The summed E-state index contributed by atoms with van der Waals surface area (Å²) in [6, 6.07) is 3.72. The van der Waals surface area contributed by atoms with E-state index >= 15 is 0 Å². The Bertz CT molecular complexity index is 495. The first kappa shape index (κ1) is 12.6. The second-order valence-electron chi connectivity index (χ2n) is 5.88. The van der Waals surface area contributed by atoms with Crippen molar-refractivity contribution < 1.29 is 9.53 Å². The van der Waals surface area contributed by atoms with Gasteiger partial charge in [0, 0.05) is 30.4 Å². The van der Waals surface area contributed by atoms with E-state index in [1.165, 1.54) is 0 Å². The SMILES string of the molecule is CC(C)c1cc(C(=O)N2CCC3(CCO3)C2)ccn1. The molecule has 0 bridgehead atoms. The van der Waals surface area contributed by atoms with E-state index < -0.39 is 0 Å². The molecule has 1 unspecified atom stereocenters. The molecule has 0 saturated carbocycles. The fourth-order valence-corrected chi connectivity index (χ4v) is 2.81. The summed E-state index contributed by atoms with van der Waals surface area (Å²) in [5.74, 6) is 0.448. The first-order valence-corrected chi connectivity index (χ1v) is 6.99. The molecule has 0 radical (unpaired) electrons. The third-order valence-electron chi connectivity index (χ3n) is 4.19. The lowest BCUT2D eigenvalue weighted by atomic mass is 9.94. The fourth-order valence-electron chi connectivity index (χ4n) is 2.81. The lowest BCUT2D eigenvalue weighted by Crippen LogP contribution is -2.46. The van der Waals surface area contributed by atoms with Crippen molar-refractivity contribution in [2.75, 3.05) is 19.7 Å². The summed E-state index contributed by atoms with van der Waals surface area (Å²) < 4.78 is 5.65. The summed E-state index contributed by atoms with van der Waals surface area (Å²) in [7, 11) is 0. The number of rotatable bonds is 2. The van der Waals surface area contributed by atoms with Crippen molar-refractivity contribution in [2.24, 2.45) is 0 Å². The van der Waals surface area contributed by atoms with Crippen LogP contribution in [0.1, 0.15) is 48.7 Å². The Morgan fingerprint density at radius 2 is 2.26 bits per heavy atom. The minimum Gasteiger partial charge on any atom is -0.373 e. The normalized spacial score (nSPS) is 25.9. The minimum atomic E-state index is -0.0242. The van der Waals surface area contributed by atoms with Crippen molar-refractivity contribution in [1.29, 1.82) is 0 Å². The zero-order valence-electron chi connectivity index (χ0n) is 11.6. The van der Waals surface area contributed by atoms with Crippen LogP contribution in [0.25, 0.3) is 0 Å². The lowest BCUT2D eigenvalue weighted by Gasteiger charge is -2.38. The average molecular weight is 260 g/mol. The molecule has 2 aliphatic rings. The Kier molecular flexibility index (Phi) is 3.05. The number of aromatic nitrogens is 1. The Labute approximate surface area is 113 Å². The smallest absolute Gasteiger partial charge is 0.254 e. The summed E-state index contributed by atoms with van der Waals surface area (Å²) in [5.41, 5.74) is 1.69. The van der Waals surface area contributed by atoms with Gasteiger partial charge in [-0.05, 0) is 24.5 Å². The molecule has 2 aliphatic heterocycles. The van der Waals surface area contributed by atoms with Crippen molar-refractivity contribution in [2.45, 2.75) is 38.2 Å². The Hall–Kier alpha value is -1.42. The number of carbonyl (C=O) groups excluding carboxylic acids is 1. The van der Waals surface area contributed by atoms with E-state index in [-0.39, 0.29) is 11.5 Å². The maximum atomic E-state index is 12.5. The fraction of sp³-hybridized carbons (Fsp3) is 0.600. The van der Waals surface area contributed by atoms with Gasteiger partial charge in [0.05, 0.1) is 18.8 Å². The Balaban J connectivity index is 1.75. The molecule has 2 saturated heterocycles. The lowest BCUT2D eigenvalue weighted by molar-refractivity contribution is -0.135. The van der Waals surface area contributed by atoms with Gasteiger partial charge >= 0.3 is 0 Å². The predicted octanol–water partition coefficient (Wildman–Crippen LogP) is 2.21. The molecular formula is C15H20N2O2. The van der Waals surface area contributed by atoms with Crippen LogP contribution in [0.2, 0.25) is 0 Å². The summed E-state index contributed by atoms with van der Waals surface area (Å²) in [4.78, 5) is 18.7. The zero-order valence-corrected chi connectivity index (χ0v) is 11.6. The molecule has 3 heterocycles. The van der Waals surface area contributed by atoms with Gasteiger partial charge in [-0.3, -0.25) is 9.78 Å².